The van der Waals surface area contributed by atoms with Crippen molar-refractivity contribution in [2.24, 2.45) is 0 Å². The number of aliphatic hydroxyl groups excluding tert-OH is 1. The lowest BCUT2D eigenvalue weighted by molar-refractivity contribution is -0.157. The highest BCUT2D eigenvalue weighted by Crippen LogP contribution is 2.12. The summed E-state index contributed by atoms with van der Waals surface area (Å²) in [6.07, 6.45) is 17.7. The highest BCUT2D eigenvalue weighted by atomic mass is 16.8. The van der Waals surface area contributed by atoms with E-state index in [1.165, 1.54) is 77.0 Å². The normalized spacial score (nSPS) is 11.2. The molecule has 0 spiro atoms. The second-order valence-electron chi connectivity index (χ2n) is 5.92. The zero-order chi connectivity index (χ0) is 16.1. The van der Waals surface area contributed by atoms with Gasteiger partial charge in [-0.05, 0) is 6.42 Å². The topological polar surface area (TPSA) is 47.9 Å². The summed E-state index contributed by atoms with van der Waals surface area (Å²) in [5, 5.41) is 8.36. The van der Waals surface area contributed by atoms with Gasteiger partial charge in [0.1, 0.15) is 13.6 Å². The Labute approximate surface area is 137 Å². The van der Waals surface area contributed by atoms with Gasteiger partial charge in [-0.1, -0.05) is 84.0 Å². The van der Waals surface area contributed by atoms with Crippen molar-refractivity contribution in [2.45, 2.75) is 90.4 Å². The van der Waals surface area contributed by atoms with E-state index in [-0.39, 0.29) is 20.4 Å². The molecule has 0 radical (unpaired) electrons. The molecular formula is C18H38O4. The fourth-order valence-electron chi connectivity index (χ4n) is 2.47. The molecule has 0 amide bonds. The third-order valence-electron chi connectivity index (χ3n) is 3.82. The molecule has 0 aromatic rings. The third-order valence-corrected chi connectivity index (χ3v) is 3.82. The van der Waals surface area contributed by atoms with Crippen molar-refractivity contribution in [3.8, 4) is 0 Å². The van der Waals surface area contributed by atoms with Crippen LogP contribution >= 0.6 is 0 Å². The predicted molar refractivity (Wildman–Crippen MR) is 90.6 cm³/mol. The molecule has 0 aliphatic rings. The Hall–Kier alpha value is -0.160. The largest absolute Gasteiger partial charge is 0.371 e. The van der Waals surface area contributed by atoms with E-state index in [4.69, 9.17) is 14.6 Å². The van der Waals surface area contributed by atoms with E-state index in [1.807, 2.05) is 0 Å². The quantitative estimate of drug-likeness (QED) is 0.269. The van der Waals surface area contributed by atoms with Gasteiger partial charge < -0.3 is 19.3 Å². The van der Waals surface area contributed by atoms with E-state index in [9.17, 15) is 0 Å². The van der Waals surface area contributed by atoms with Crippen molar-refractivity contribution < 1.29 is 19.3 Å². The van der Waals surface area contributed by atoms with Crippen LogP contribution in [0.5, 0.6) is 0 Å². The number of hydrogen-bond donors (Lipinski definition) is 1. The Morgan fingerprint density at radius 1 is 0.545 bits per heavy atom. The third kappa shape index (κ3) is 19.8. The van der Waals surface area contributed by atoms with Crippen LogP contribution < -0.4 is 0 Å². The maximum absolute atomic E-state index is 8.36. The van der Waals surface area contributed by atoms with E-state index in [1.54, 1.807) is 0 Å². The summed E-state index contributed by atoms with van der Waals surface area (Å²) in [5.41, 5.74) is 0. The van der Waals surface area contributed by atoms with Gasteiger partial charge in [-0.15, -0.1) is 0 Å². The van der Waals surface area contributed by atoms with Crippen LogP contribution in [0, 0.1) is 0 Å². The number of ether oxygens (including phenoxy) is 3. The van der Waals surface area contributed by atoms with Crippen LogP contribution in [-0.4, -0.2) is 32.1 Å². The Bertz CT molecular complexity index is 168. The first-order chi connectivity index (χ1) is 10.9. The lowest BCUT2D eigenvalue weighted by Gasteiger charge is -2.05. The van der Waals surface area contributed by atoms with Crippen LogP contribution in [0.4, 0.5) is 0 Å². The molecule has 0 atom stereocenters. The summed E-state index contributed by atoms with van der Waals surface area (Å²) in [6, 6.07) is 0. The first-order valence-corrected chi connectivity index (χ1v) is 9.26. The summed E-state index contributed by atoms with van der Waals surface area (Å²) >= 11 is 0. The molecule has 134 valence electrons. The molecule has 0 aromatic carbocycles. The Kier molecular flexibility index (Phi) is 20.7. The van der Waals surface area contributed by atoms with Gasteiger partial charge in [-0.3, -0.25) is 0 Å². The van der Waals surface area contributed by atoms with Crippen LogP contribution in [0.1, 0.15) is 90.4 Å². The molecule has 0 rings (SSSR count). The highest BCUT2D eigenvalue weighted by Gasteiger charge is 1.94. The fraction of sp³-hybridized carbons (Fsp3) is 1.00. The average molecular weight is 318 g/mol. The zero-order valence-corrected chi connectivity index (χ0v) is 14.7. The molecule has 0 heterocycles. The minimum absolute atomic E-state index is 0.0924. The summed E-state index contributed by atoms with van der Waals surface area (Å²) in [4.78, 5) is 0. The minimum Gasteiger partial charge on any atom is -0.371 e. The summed E-state index contributed by atoms with van der Waals surface area (Å²) < 4.78 is 14.9. The van der Waals surface area contributed by atoms with Gasteiger partial charge in [0, 0.05) is 6.61 Å². The first-order valence-electron chi connectivity index (χ1n) is 9.26. The van der Waals surface area contributed by atoms with Crippen molar-refractivity contribution in [2.75, 3.05) is 27.0 Å². The highest BCUT2D eigenvalue weighted by molar-refractivity contribution is 4.48. The molecule has 0 aromatic heterocycles. The number of unbranched alkanes of at least 4 members (excludes halogenated alkanes) is 12. The standard InChI is InChI=1S/C18H38O4/c1-2-3-4-5-6-7-8-9-10-11-12-13-14-15-20-17-22-18-21-16-19/h19H,2-18H2,1H3. The fourth-order valence-corrected chi connectivity index (χ4v) is 2.47. The van der Waals surface area contributed by atoms with Crippen molar-refractivity contribution >= 4 is 0 Å². The number of rotatable bonds is 19. The van der Waals surface area contributed by atoms with Gasteiger partial charge in [0.15, 0.2) is 6.79 Å². The van der Waals surface area contributed by atoms with Gasteiger partial charge in [0.05, 0.1) is 0 Å². The number of aliphatic hydroxyl groups is 1. The Morgan fingerprint density at radius 3 is 1.50 bits per heavy atom. The smallest absolute Gasteiger partial charge is 0.152 e. The molecule has 22 heavy (non-hydrogen) atoms. The van der Waals surface area contributed by atoms with Gasteiger partial charge in [0.2, 0.25) is 0 Å². The van der Waals surface area contributed by atoms with E-state index in [0.29, 0.717) is 0 Å². The van der Waals surface area contributed by atoms with Gasteiger partial charge in [-0.2, -0.15) is 0 Å². The number of hydrogen-bond acceptors (Lipinski definition) is 4. The Balaban J connectivity index is 2.91. The van der Waals surface area contributed by atoms with E-state index in [0.717, 1.165) is 13.0 Å². The SMILES string of the molecule is CCCCCCCCCCCCCCCOCOCOCO. The van der Waals surface area contributed by atoms with E-state index in [2.05, 4.69) is 11.7 Å². The predicted octanol–water partition coefficient (Wildman–Crippen LogP) is 4.99. The molecule has 0 unspecified atom stereocenters. The van der Waals surface area contributed by atoms with E-state index >= 15 is 0 Å². The molecule has 0 aliphatic carbocycles. The molecule has 0 saturated heterocycles. The molecule has 4 nitrogen and oxygen atoms in total. The van der Waals surface area contributed by atoms with Crippen LogP contribution in [-0.2, 0) is 14.2 Å². The minimum atomic E-state index is -0.307. The second-order valence-corrected chi connectivity index (χ2v) is 5.92. The summed E-state index contributed by atoms with van der Waals surface area (Å²) in [6.45, 7) is 3.05. The van der Waals surface area contributed by atoms with Crippen molar-refractivity contribution in [3.63, 3.8) is 0 Å². The van der Waals surface area contributed by atoms with Crippen molar-refractivity contribution in [1.29, 1.82) is 0 Å². The molecule has 0 saturated carbocycles. The summed E-state index contributed by atoms with van der Waals surface area (Å²) in [5.74, 6) is 0. The lowest BCUT2D eigenvalue weighted by atomic mass is 10.0. The Morgan fingerprint density at radius 2 is 1.00 bits per heavy atom. The van der Waals surface area contributed by atoms with Crippen LogP contribution in [0.3, 0.4) is 0 Å². The van der Waals surface area contributed by atoms with Crippen LogP contribution in [0.2, 0.25) is 0 Å². The molecule has 1 N–H and O–H groups in total. The molecular weight excluding hydrogens is 280 g/mol. The van der Waals surface area contributed by atoms with Crippen molar-refractivity contribution in [1.82, 2.24) is 0 Å². The average Bonchev–Trinajstić information content (AvgIpc) is 2.54. The van der Waals surface area contributed by atoms with Gasteiger partial charge in [0.25, 0.3) is 0 Å². The zero-order valence-electron chi connectivity index (χ0n) is 14.7. The van der Waals surface area contributed by atoms with Crippen molar-refractivity contribution in [3.05, 3.63) is 0 Å². The molecule has 0 bridgehead atoms. The maximum atomic E-state index is 8.36. The van der Waals surface area contributed by atoms with E-state index < -0.39 is 0 Å². The molecule has 4 heteroatoms. The lowest BCUT2D eigenvalue weighted by Crippen LogP contribution is -2.05. The second kappa shape index (κ2) is 20.8. The monoisotopic (exact) mass is 318 g/mol. The molecule has 0 aliphatic heterocycles. The first kappa shape index (κ1) is 21.8. The maximum Gasteiger partial charge on any atom is 0.152 e. The summed E-state index contributed by atoms with van der Waals surface area (Å²) in [7, 11) is 0. The van der Waals surface area contributed by atoms with Crippen LogP contribution in [0.15, 0.2) is 0 Å². The van der Waals surface area contributed by atoms with Crippen LogP contribution in [0.25, 0.3) is 0 Å². The molecule has 0 fully saturated rings. The van der Waals surface area contributed by atoms with Gasteiger partial charge in [-0.25, -0.2) is 0 Å². The van der Waals surface area contributed by atoms with Gasteiger partial charge >= 0.3 is 0 Å².